The molecule has 0 saturated carbocycles. The zero-order chi connectivity index (χ0) is 13.1. The molecule has 1 aliphatic heterocycles. The molecule has 0 aromatic heterocycles. The molecule has 2 nitrogen and oxygen atoms in total. The van der Waals surface area contributed by atoms with Crippen molar-refractivity contribution in [3.63, 3.8) is 0 Å². The molecule has 94 valence electrons. The van der Waals surface area contributed by atoms with Gasteiger partial charge in [-0.2, -0.15) is 0 Å². The minimum atomic E-state index is -0.0677. The highest BCUT2D eigenvalue weighted by atomic mass is 35.5. The molecular weight excluding hydrogens is 309 g/mol. The molecule has 0 radical (unpaired) electrons. The highest BCUT2D eigenvalue weighted by Crippen LogP contribution is 2.33. The predicted octanol–water partition coefficient (Wildman–Crippen LogP) is 4.72. The van der Waals surface area contributed by atoms with Crippen LogP contribution in [0.5, 0.6) is 0 Å². The summed E-state index contributed by atoms with van der Waals surface area (Å²) in [5.74, 6) is 0.888. The molecule has 1 aromatic carbocycles. The number of halogens is 2. The molecule has 0 unspecified atom stereocenters. The maximum atomic E-state index is 11.8. The number of thioether (sulfide) groups is 2. The second-order valence-electron chi connectivity index (χ2n) is 3.37. The smallest absolute Gasteiger partial charge is 0.244 e. The van der Waals surface area contributed by atoms with Gasteiger partial charge in [-0.05, 0) is 35.7 Å². The Bertz CT molecular complexity index is 535. The molecule has 0 bridgehead atoms. The van der Waals surface area contributed by atoms with Crippen molar-refractivity contribution in [2.75, 3.05) is 5.75 Å². The largest absolute Gasteiger partial charge is 0.279 e. The summed E-state index contributed by atoms with van der Waals surface area (Å²) in [6, 6.07) is 5.23. The fraction of sp³-hybridized carbons (Fsp3) is 0.167. The van der Waals surface area contributed by atoms with Gasteiger partial charge in [0, 0.05) is 15.6 Å². The van der Waals surface area contributed by atoms with Crippen LogP contribution < -0.4 is 0 Å². The van der Waals surface area contributed by atoms with Gasteiger partial charge in [-0.25, -0.2) is 4.99 Å². The van der Waals surface area contributed by atoms with E-state index < -0.39 is 0 Å². The third-order valence-corrected chi connectivity index (χ3v) is 4.70. The van der Waals surface area contributed by atoms with Gasteiger partial charge in [0.15, 0.2) is 0 Å². The van der Waals surface area contributed by atoms with E-state index >= 15 is 0 Å². The molecule has 1 heterocycles. The first-order valence-corrected chi connectivity index (χ1v) is 7.77. The van der Waals surface area contributed by atoms with Crippen LogP contribution in [0.15, 0.2) is 28.9 Å². The van der Waals surface area contributed by atoms with Crippen molar-refractivity contribution < 1.29 is 4.79 Å². The van der Waals surface area contributed by atoms with E-state index in [0.29, 0.717) is 21.3 Å². The van der Waals surface area contributed by atoms with E-state index in [1.807, 2.05) is 6.92 Å². The standard InChI is InChI=1S/C12H9Cl2NOS2/c1-2-17-12-15-10(11(16)18-12)6-7-8(13)4-3-5-9(7)14/h3-6H,2H2,1H3/b10-6-. The van der Waals surface area contributed by atoms with Gasteiger partial charge >= 0.3 is 0 Å². The van der Waals surface area contributed by atoms with E-state index in [0.717, 1.165) is 21.9 Å². The molecule has 1 aromatic rings. The van der Waals surface area contributed by atoms with Crippen molar-refractivity contribution in [3.8, 4) is 0 Å². The van der Waals surface area contributed by atoms with Crippen LogP contribution >= 0.6 is 46.7 Å². The lowest BCUT2D eigenvalue weighted by atomic mass is 10.2. The summed E-state index contributed by atoms with van der Waals surface area (Å²) >= 11 is 14.8. The number of hydrogen-bond acceptors (Lipinski definition) is 4. The minimum absolute atomic E-state index is 0.0677. The van der Waals surface area contributed by atoms with Gasteiger partial charge < -0.3 is 0 Å². The molecular formula is C12H9Cl2NOS2. The molecule has 0 N–H and O–H groups in total. The van der Waals surface area contributed by atoms with Crippen LogP contribution in [0.4, 0.5) is 0 Å². The van der Waals surface area contributed by atoms with Crippen LogP contribution in [-0.2, 0) is 4.79 Å². The topological polar surface area (TPSA) is 29.4 Å². The van der Waals surface area contributed by atoms with E-state index in [4.69, 9.17) is 23.2 Å². The first kappa shape index (κ1) is 14.0. The maximum absolute atomic E-state index is 11.8. The van der Waals surface area contributed by atoms with E-state index in [-0.39, 0.29) is 5.12 Å². The van der Waals surface area contributed by atoms with Crippen molar-refractivity contribution in [1.82, 2.24) is 0 Å². The van der Waals surface area contributed by atoms with Crippen LogP contribution in [0, 0.1) is 0 Å². The second kappa shape index (κ2) is 6.15. The van der Waals surface area contributed by atoms with Crippen LogP contribution in [0.3, 0.4) is 0 Å². The monoisotopic (exact) mass is 317 g/mol. The number of carbonyl (C=O) groups is 1. The molecule has 0 fully saturated rings. The second-order valence-corrected chi connectivity index (χ2v) is 6.65. The van der Waals surface area contributed by atoms with Gasteiger partial charge in [-0.15, -0.1) is 0 Å². The van der Waals surface area contributed by atoms with Crippen molar-refractivity contribution >= 4 is 62.3 Å². The summed E-state index contributed by atoms with van der Waals surface area (Å²) in [5.41, 5.74) is 1.03. The van der Waals surface area contributed by atoms with Gasteiger partial charge in [0.05, 0.1) is 0 Å². The van der Waals surface area contributed by atoms with Crippen molar-refractivity contribution in [1.29, 1.82) is 0 Å². The zero-order valence-electron chi connectivity index (χ0n) is 9.44. The summed E-state index contributed by atoms with van der Waals surface area (Å²) in [7, 11) is 0. The summed E-state index contributed by atoms with van der Waals surface area (Å²) in [4.78, 5) is 16.0. The van der Waals surface area contributed by atoms with Gasteiger partial charge in [-0.3, -0.25) is 4.79 Å². The van der Waals surface area contributed by atoms with Crippen LogP contribution in [-0.4, -0.2) is 15.2 Å². The molecule has 0 saturated heterocycles. The SMILES string of the molecule is CCSC1=N/C(=C\c2c(Cl)cccc2Cl)C(=O)S1. The number of carbonyl (C=O) groups excluding carboxylic acids is 1. The lowest BCUT2D eigenvalue weighted by Gasteiger charge is -2.01. The first-order valence-electron chi connectivity index (χ1n) is 5.21. The van der Waals surface area contributed by atoms with Crippen LogP contribution in [0.1, 0.15) is 12.5 Å². The molecule has 6 heteroatoms. The molecule has 0 amide bonds. The molecule has 0 atom stereocenters. The van der Waals surface area contributed by atoms with Crippen molar-refractivity contribution in [2.45, 2.75) is 6.92 Å². The van der Waals surface area contributed by atoms with Crippen molar-refractivity contribution in [2.24, 2.45) is 4.99 Å². The Labute approximate surface area is 124 Å². The lowest BCUT2D eigenvalue weighted by molar-refractivity contribution is -0.107. The Morgan fingerprint density at radius 3 is 2.67 bits per heavy atom. The highest BCUT2D eigenvalue weighted by Gasteiger charge is 2.22. The van der Waals surface area contributed by atoms with Crippen LogP contribution in [0.2, 0.25) is 10.0 Å². The van der Waals surface area contributed by atoms with Gasteiger partial charge in [-0.1, -0.05) is 48.0 Å². The lowest BCUT2D eigenvalue weighted by Crippen LogP contribution is -1.89. The van der Waals surface area contributed by atoms with Gasteiger partial charge in [0.2, 0.25) is 5.12 Å². The fourth-order valence-corrected chi connectivity index (χ4v) is 3.60. The molecule has 2 rings (SSSR count). The predicted molar refractivity (Wildman–Crippen MR) is 82.6 cm³/mol. The van der Waals surface area contributed by atoms with Gasteiger partial charge in [0.25, 0.3) is 0 Å². The van der Waals surface area contributed by atoms with Crippen LogP contribution in [0.25, 0.3) is 6.08 Å². The highest BCUT2D eigenvalue weighted by molar-refractivity contribution is 8.45. The third-order valence-electron chi connectivity index (χ3n) is 2.15. The van der Waals surface area contributed by atoms with E-state index in [1.165, 1.54) is 0 Å². The number of nitrogens with zero attached hydrogens (tertiary/aromatic N) is 1. The Morgan fingerprint density at radius 1 is 1.39 bits per heavy atom. The minimum Gasteiger partial charge on any atom is -0.279 e. The number of aliphatic imine (C=N–C) groups is 1. The van der Waals surface area contributed by atoms with E-state index in [2.05, 4.69) is 4.99 Å². The average molecular weight is 318 g/mol. The summed E-state index contributed by atoms with van der Waals surface area (Å²) in [6.07, 6.45) is 1.64. The molecule has 0 aliphatic carbocycles. The summed E-state index contributed by atoms with van der Waals surface area (Å²) < 4.78 is 0.775. The normalized spacial score (nSPS) is 17.4. The number of hydrogen-bond donors (Lipinski definition) is 0. The third kappa shape index (κ3) is 3.12. The fourth-order valence-electron chi connectivity index (χ4n) is 1.36. The Hall–Kier alpha value is -0.420. The Morgan fingerprint density at radius 2 is 2.06 bits per heavy atom. The number of rotatable bonds is 2. The van der Waals surface area contributed by atoms with Crippen molar-refractivity contribution in [3.05, 3.63) is 39.5 Å². The molecule has 1 aliphatic rings. The van der Waals surface area contributed by atoms with Gasteiger partial charge in [0.1, 0.15) is 10.1 Å². The summed E-state index contributed by atoms with van der Waals surface area (Å²) in [6.45, 7) is 2.02. The molecule has 0 spiro atoms. The summed E-state index contributed by atoms with van der Waals surface area (Å²) in [5, 5.41) is 0.959. The maximum Gasteiger partial charge on any atom is 0.244 e. The molecule has 18 heavy (non-hydrogen) atoms. The average Bonchev–Trinajstić information content (AvgIpc) is 2.65. The first-order chi connectivity index (χ1) is 8.61. The zero-order valence-corrected chi connectivity index (χ0v) is 12.6. The Kier molecular flexibility index (Phi) is 4.78. The Balaban J connectivity index is 2.36. The quantitative estimate of drug-likeness (QED) is 0.739. The van der Waals surface area contributed by atoms with E-state index in [1.54, 1.807) is 36.0 Å². The number of benzene rings is 1. The van der Waals surface area contributed by atoms with E-state index in [9.17, 15) is 4.79 Å².